The second kappa shape index (κ2) is 7.68. The molecule has 0 bridgehead atoms. The maximum absolute atomic E-state index is 11.0. The van der Waals surface area contributed by atoms with Crippen molar-refractivity contribution < 1.29 is 27.8 Å². The number of aliphatic carboxylic acids is 1. The summed E-state index contributed by atoms with van der Waals surface area (Å²) in [7, 11) is -1.51. The molecular formula is C14H18O6S. The van der Waals surface area contributed by atoms with E-state index in [4.69, 9.17) is 14.6 Å². The first kappa shape index (κ1) is 17.0. The number of hydrogen-bond donors (Lipinski definition) is 1. The lowest BCUT2D eigenvalue weighted by atomic mass is 10.1. The van der Waals surface area contributed by atoms with Crippen molar-refractivity contribution in [2.24, 2.45) is 0 Å². The number of methoxy groups -OCH3 is 1. The van der Waals surface area contributed by atoms with Crippen molar-refractivity contribution in [2.75, 3.05) is 25.7 Å². The number of carboxylic acids is 1. The van der Waals surface area contributed by atoms with Gasteiger partial charge in [0.15, 0.2) is 0 Å². The van der Waals surface area contributed by atoms with E-state index in [2.05, 4.69) is 0 Å². The zero-order valence-electron chi connectivity index (χ0n) is 11.9. The van der Waals surface area contributed by atoms with Gasteiger partial charge in [-0.3, -0.25) is 0 Å². The molecule has 1 aromatic rings. The zero-order valence-corrected chi connectivity index (χ0v) is 12.7. The van der Waals surface area contributed by atoms with Gasteiger partial charge in [0.05, 0.1) is 19.5 Å². The summed E-state index contributed by atoms with van der Waals surface area (Å²) in [6.07, 6.45) is 3.94. The Labute approximate surface area is 123 Å². The third kappa shape index (κ3) is 6.80. The molecule has 1 N–H and O–H groups in total. The Balaban J connectivity index is 2.79. The predicted molar refractivity (Wildman–Crippen MR) is 79.5 cm³/mol. The van der Waals surface area contributed by atoms with Crippen molar-refractivity contribution in [3.63, 3.8) is 0 Å². The van der Waals surface area contributed by atoms with E-state index >= 15 is 0 Å². The van der Waals surface area contributed by atoms with E-state index < -0.39 is 15.8 Å². The number of benzene rings is 1. The second-order valence-corrected chi connectivity index (χ2v) is 6.67. The maximum atomic E-state index is 11.0. The Kier molecular flexibility index (Phi) is 6.23. The molecule has 21 heavy (non-hydrogen) atoms. The first-order valence-corrected chi connectivity index (χ1v) is 8.27. The number of sulfone groups is 1. The van der Waals surface area contributed by atoms with Gasteiger partial charge in [-0.05, 0) is 24.6 Å². The molecule has 116 valence electrons. The van der Waals surface area contributed by atoms with Crippen molar-refractivity contribution in [2.45, 2.75) is 6.42 Å². The van der Waals surface area contributed by atoms with Crippen LogP contribution in [-0.2, 0) is 14.6 Å². The molecule has 7 heteroatoms. The average Bonchev–Trinajstić information content (AvgIpc) is 2.40. The third-order valence-corrected chi connectivity index (χ3v) is 3.57. The lowest BCUT2D eigenvalue weighted by Gasteiger charge is -2.10. The summed E-state index contributed by atoms with van der Waals surface area (Å²) in [6, 6.07) is 4.98. The molecule has 0 aliphatic carbocycles. The Morgan fingerprint density at radius 3 is 2.67 bits per heavy atom. The van der Waals surface area contributed by atoms with E-state index in [-0.39, 0.29) is 12.4 Å². The molecule has 0 spiro atoms. The highest BCUT2D eigenvalue weighted by atomic mass is 32.2. The van der Waals surface area contributed by atoms with Crippen LogP contribution >= 0.6 is 0 Å². The smallest absolute Gasteiger partial charge is 0.328 e. The fourth-order valence-corrected chi connectivity index (χ4v) is 2.21. The third-order valence-electron chi connectivity index (χ3n) is 2.54. The van der Waals surface area contributed by atoms with Crippen LogP contribution in [0.1, 0.15) is 12.0 Å². The molecule has 1 aromatic carbocycles. The summed E-state index contributed by atoms with van der Waals surface area (Å²) >= 11 is 0. The minimum absolute atomic E-state index is 0.0390. The molecule has 0 aliphatic heterocycles. The van der Waals surface area contributed by atoms with Crippen molar-refractivity contribution >= 4 is 21.9 Å². The quantitative estimate of drug-likeness (QED) is 0.579. The van der Waals surface area contributed by atoms with Gasteiger partial charge >= 0.3 is 5.97 Å². The Morgan fingerprint density at radius 1 is 1.38 bits per heavy atom. The topological polar surface area (TPSA) is 89.9 Å². The van der Waals surface area contributed by atoms with Crippen molar-refractivity contribution in [1.29, 1.82) is 0 Å². The maximum Gasteiger partial charge on any atom is 0.328 e. The van der Waals surface area contributed by atoms with E-state index in [1.807, 2.05) is 0 Å². The number of ether oxygens (including phenoxy) is 2. The van der Waals surface area contributed by atoms with Crippen molar-refractivity contribution in [3.8, 4) is 11.5 Å². The fraction of sp³-hybridized carbons (Fsp3) is 0.357. The van der Waals surface area contributed by atoms with Gasteiger partial charge in [0.1, 0.15) is 21.3 Å². The van der Waals surface area contributed by atoms with Crippen LogP contribution in [0, 0.1) is 0 Å². The molecule has 1 rings (SSSR count). The molecule has 0 saturated heterocycles. The van der Waals surface area contributed by atoms with Crippen LogP contribution in [0.4, 0.5) is 0 Å². The molecule has 0 fully saturated rings. The van der Waals surface area contributed by atoms with Crippen LogP contribution in [0.2, 0.25) is 0 Å². The molecule has 0 atom stereocenters. The fourth-order valence-electron chi connectivity index (χ4n) is 1.57. The average molecular weight is 314 g/mol. The van der Waals surface area contributed by atoms with Crippen molar-refractivity contribution in [1.82, 2.24) is 0 Å². The van der Waals surface area contributed by atoms with Crippen LogP contribution in [0.3, 0.4) is 0 Å². The van der Waals surface area contributed by atoms with E-state index in [1.165, 1.54) is 19.4 Å². The van der Waals surface area contributed by atoms with Crippen molar-refractivity contribution in [3.05, 3.63) is 29.8 Å². The summed E-state index contributed by atoms with van der Waals surface area (Å²) in [5, 5.41) is 8.65. The zero-order chi connectivity index (χ0) is 15.9. The molecule has 0 aliphatic rings. The number of rotatable bonds is 8. The van der Waals surface area contributed by atoms with Gasteiger partial charge < -0.3 is 14.6 Å². The van der Waals surface area contributed by atoms with Crippen LogP contribution in [0.15, 0.2) is 24.3 Å². The SMILES string of the molecule is COc1ccc(C=CC(=O)O)c(OCCCS(C)(=O)=O)c1. The highest BCUT2D eigenvalue weighted by Gasteiger charge is 2.06. The van der Waals surface area contributed by atoms with Crippen LogP contribution in [-0.4, -0.2) is 45.2 Å². The molecule has 0 aromatic heterocycles. The molecular weight excluding hydrogens is 296 g/mol. The van der Waals surface area contributed by atoms with E-state index in [0.717, 1.165) is 6.08 Å². The number of hydrogen-bond acceptors (Lipinski definition) is 5. The summed E-state index contributed by atoms with van der Waals surface area (Å²) in [6.45, 7) is 0.216. The summed E-state index contributed by atoms with van der Waals surface area (Å²) in [4.78, 5) is 10.6. The molecule has 0 amide bonds. The van der Waals surface area contributed by atoms with E-state index in [9.17, 15) is 13.2 Å². The van der Waals surface area contributed by atoms with Gasteiger partial charge in [0.25, 0.3) is 0 Å². The molecule has 6 nitrogen and oxygen atoms in total. The highest BCUT2D eigenvalue weighted by molar-refractivity contribution is 7.90. The van der Waals surface area contributed by atoms with Crippen LogP contribution in [0.5, 0.6) is 11.5 Å². The van der Waals surface area contributed by atoms with Gasteiger partial charge in [0, 0.05) is 24.0 Å². The standard InChI is InChI=1S/C14H18O6S/c1-19-12-6-4-11(5-7-14(15)16)13(10-12)20-8-3-9-21(2,17)18/h4-7,10H,3,8-9H2,1-2H3,(H,15,16). The van der Waals surface area contributed by atoms with Gasteiger partial charge in [-0.1, -0.05) is 0 Å². The Morgan fingerprint density at radius 2 is 2.10 bits per heavy atom. The normalized spacial score (nSPS) is 11.5. The molecule has 0 saturated carbocycles. The Bertz CT molecular complexity index is 618. The largest absolute Gasteiger partial charge is 0.497 e. The second-order valence-electron chi connectivity index (χ2n) is 4.41. The first-order valence-electron chi connectivity index (χ1n) is 6.21. The van der Waals surface area contributed by atoms with Gasteiger partial charge in [-0.2, -0.15) is 0 Å². The summed E-state index contributed by atoms with van der Waals surface area (Å²) in [5.74, 6) is -0.00754. The van der Waals surface area contributed by atoms with Crippen LogP contribution in [0.25, 0.3) is 6.08 Å². The van der Waals surface area contributed by atoms with E-state index in [0.29, 0.717) is 23.5 Å². The lowest BCUT2D eigenvalue weighted by Crippen LogP contribution is -2.08. The first-order chi connectivity index (χ1) is 9.81. The highest BCUT2D eigenvalue weighted by Crippen LogP contribution is 2.26. The lowest BCUT2D eigenvalue weighted by molar-refractivity contribution is -0.131. The van der Waals surface area contributed by atoms with Crippen LogP contribution < -0.4 is 9.47 Å². The summed E-state index contributed by atoms with van der Waals surface area (Å²) in [5.41, 5.74) is 0.581. The number of carbonyl (C=O) groups is 1. The monoisotopic (exact) mass is 314 g/mol. The van der Waals surface area contributed by atoms with Gasteiger partial charge in [-0.25, -0.2) is 13.2 Å². The molecule has 0 radical (unpaired) electrons. The van der Waals surface area contributed by atoms with E-state index in [1.54, 1.807) is 18.2 Å². The van der Waals surface area contributed by atoms with Gasteiger partial charge in [-0.15, -0.1) is 0 Å². The Hall–Kier alpha value is -2.02. The molecule has 0 unspecified atom stereocenters. The molecule has 0 heterocycles. The van der Waals surface area contributed by atoms with Gasteiger partial charge in [0.2, 0.25) is 0 Å². The minimum Gasteiger partial charge on any atom is -0.497 e. The predicted octanol–water partition coefficient (Wildman–Crippen LogP) is 1.61. The summed E-state index contributed by atoms with van der Waals surface area (Å²) < 4.78 is 32.7. The minimum atomic E-state index is -3.02. The number of carboxylic acid groups (broad SMARTS) is 1.